The SMILES string of the molecule is CCCCc1ccnc(Cc2ccc(CN(C)C)cc2)c1. The van der Waals surface area contributed by atoms with Crippen LogP contribution in [0, 0.1) is 0 Å². The fraction of sp³-hybridized carbons (Fsp3) is 0.421. The summed E-state index contributed by atoms with van der Waals surface area (Å²) in [5.41, 5.74) is 5.26. The van der Waals surface area contributed by atoms with Crippen LogP contribution in [0.5, 0.6) is 0 Å². The van der Waals surface area contributed by atoms with Crippen LogP contribution in [0.15, 0.2) is 42.6 Å². The zero-order valence-electron chi connectivity index (χ0n) is 13.5. The lowest BCUT2D eigenvalue weighted by molar-refractivity contribution is 0.402. The van der Waals surface area contributed by atoms with Crippen molar-refractivity contribution in [3.63, 3.8) is 0 Å². The number of hydrogen-bond acceptors (Lipinski definition) is 2. The van der Waals surface area contributed by atoms with Crippen molar-refractivity contribution in [2.45, 2.75) is 39.2 Å². The number of nitrogens with zero attached hydrogens (tertiary/aromatic N) is 2. The third-order valence-corrected chi connectivity index (χ3v) is 3.61. The molecular weight excluding hydrogens is 256 g/mol. The maximum atomic E-state index is 4.51. The molecule has 0 spiro atoms. The second-order valence-electron chi connectivity index (χ2n) is 5.99. The molecule has 2 rings (SSSR count). The first kappa shape index (κ1) is 15.7. The molecule has 1 heterocycles. The lowest BCUT2D eigenvalue weighted by atomic mass is 10.0. The molecule has 0 radical (unpaired) electrons. The normalized spacial score (nSPS) is 11.0. The molecule has 112 valence electrons. The molecule has 0 N–H and O–H groups in total. The van der Waals surface area contributed by atoms with E-state index in [0.29, 0.717) is 0 Å². The van der Waals surface area contributed by atoms with Gasteiger partial charge in [-0.05, 0) is 55.8 Å². The Morgan fingerprint density at radius 3 is 2.33 bits per heavy atom. The van der Waals surface area contributed by atoms with Crippen molar-refractivity contribution < 1.29 is 0 Å². The molecular formula is C19H26N2. The summed E-state index contributed by atoms with van der Waals surface area (Å²) in [6, 6.07) is 13.3. The van der Waals surface area contributed by atoms with Gasteiger partial charge in [0.1, 0.15) is 0 Å². The molecule has 0 amide bonds. The van der Waals surface area contributed by atoms with Gasteiger partial charge in [0.25, 0.3) is 0 Å². The summed E-state index contributed by atoms with van der Waals surface area (Å²) in [7, 11) is 4.19. The molecule has 1 aromatic carbocycles. The first-order valence-electron chi connectivity index (χ1n) is 7.83. The molecule has 0 saturated heterocycles. The van der Waals surface area contributed by atoms with Crippen LogP contribution < -0.4 is 0 Å². The van der Waals surface area contributed by atoms with Crippen molar-refractivity contribution in [1.82, 2.24) is 9.88 Å². The zero-order chi connectivity index (χ0) is 15.1. The highest BCUT2D eigenvalue weighted by atomic mass is 15.0. The second-order valence-corrected chi connectivity index (χ2v) is 5.99. The molecule has 2 aromatic rings. The van der Waals surface area contributed by atoms with Crippen molar-refractivity contribution in [3.8, 4) is 0 Å². The zero-order valence-corrected chi connectivity index (χ0v) is 13.5. The predicted molar refractivity (Wildman–Crippen MR) is 89.5 cm³/mol. The average Bonchev–Trinajstić information content (AvgIpc) is 2.47. The molecule has 0 saturated carbocycles. The first-order chi connectivity index (χ1) is 10.2. The van der Waals surface area contributed by atoms with Gasteiger partial charge < -0.3 is 4.90 Å². The Bertz CT molecular complexity index is 544. The summed E-state index contributed by atoms with van der Waals surface area (Å²) in [6.07, 6.45) is 6.52. The van der Waals surface area contributed by atoms with Crippen molar-refractivity contribution in [2.24, 2.45) is 0 Å². The predicted octanol–water partition coefficient (Wildman–Crippen LogP) is 4.08. The lowest BCUT2D eigenvalue weighted by Gasteiger charge is -2.10. The van der Waals surface area contributed by atoms with E-state index in [2.05, 4.69) is 67.3 Å². The van der Waals surface area contributed by atoms with Gasteiger partial charge in [-0.3, -0.25) is 4.98 Å². The van der Waals surface area contributed by atoms with Gasteiger partial charge >= 0.3 is 0 Å². The largest absolute Gasteiger partial charge is 0.305 e. The van der Waals surface area contributed by atoms with Gasteiger partial charge in [-0.2, -0.15) is 0 Å². The maximum Gasteiger partial charge on any atom is 0.0450 e. The maximum absolute atomic E-state index is 4.51. The van der Waals surface area contributed by atoms with E-state index >= 15 is 0 Å². The van der Waals surface area contributed by atoms with Crippen molar-refractivity contribution >= 4 is 0 Å². The molecule has 2 nitrogen and oxygen atoms in total. The monoisotopic (exact) mass is 282 g/mol. The number of benzene rings is 1. The Morgan fingerprint density at radius 2 is 1.67 bits per heavy atom. The molecule has 0 unspecified atom stereocenters. The molecule has 1 aromatic heterocycles. The summed E-state index contributed by atoms with van der Waals surface area (Å²) < 4.78 is 0. The highest BCUT2D eigenvalue weighted by Crippen LogP contribution is 2.12. The third-order valence-electron chi connectivity index (χ3n) is 3.61. The van der Waals surface area contributed by atoms with E-state index in [4.69, 9.17) is 0 Å². The Balaban J connectivity index is 2.00. The third kappa shape index (κ3) is 5.31. The Kier molecular flexibility index (Phi) is 5.94. The van der Waals surface area contributed by atoms with Crippen LogP contribution in [-0.4, -0.2) is 24.0 Å². The molecule has 21 heavy (non-hydrogen) atoms. The summed E-state index contributed by atoms with van der Waals surface area (Å²) in [5.74, 6) is 0. The molecule has 0 aliphatic carbocycles. The number of aryl methyl sites for hydroxylation is 1. The van der Waals surface area contributed by atoms with Crippen molar-refractivity contribution in [2.75, 3.05) is 14.1 Å². The van der Waals surface area contributed by atoms with Crippen LogP contribution in [0.1, 0.15) is 42.1 Å². The standard InChI is InChI=1S/C19H26N2/c1-4-5-6-16-11-12-20-19(13-16)14-17-7-9-18(10-8-17)15-21(2)3/h7-13H,4-6,14-15H2,1-3H3. The van der Waals surface area contributed by atoms with Gasteiger partial charge in [-0.15, -0.1) is 0 Å². The number of pyridine rings is 1. The van der Waals surface area contributed by atoms with Crippen LogP contribution in [0.3, 0.4) is 0 Å². The van der Waals surface area contributed by atoms with Gasteiger partial charge in [0.2, 0.25) is 0 Å². The minimum absolute atomic E-state index is 0.919. The topological polar surface area (TPSA) is 16.1 Å². The Morgan fingerprint density at radius 1 is 0.952 bits per heavy atom. The molecule has 0 aliphatic rings. The molecule has 0 aliphatic heterocycles. The van der Waals surface area contributed by atoms with Gasteiger partial charge in [-0.1, -0.05) is 37.6 Å². The van der Waals surface area contributed by atoms with Gasteiger partial charge in [0.05, 0.1) is 0 Å². The van der Waals surface area contributed by atoms with E-state index in [9.17, 15) is 0 Å². The average molecular weight is 282 g/mol. The summed E-state index contributed by atoms with van der Waals surface area (Å²) in [6.45, 7) is 3.22. The molecule has 2 heteroatoms. The minimum atomic E-state index is 0.919. The number of rotatable bonds is 7. The number of unbranched alkanes of at least 4 members (excludes halogenated alkanes) is 1. The molecule has 0 bridgehead atoms. The molecule has 0 atom stereocenters. The summed E-state index contributed by atoms with van der Waals surface area (Å²) >= 11 is 0. The fourth-order valence-electron chi connectivity index (χ4n) is 2.50. The van der Waals surface area contributed by atoms with Crippen molar-refractivity contribution in [1.29, 1.82) is 0 Å². The van der Waals surface area contributed by atoms with Crippen LogP contribution >= 0.6 is 0 Å². The van der Waals surface area contributed by atoms with E-state index < -0.39 is 0 Å². The van der Waals surface area contributed by atoms with Crippen LogP contribution in [0.4, 0.5) is 0 Å². The smallest absolute Gasteiger partial charge is 0.0450 e. The van der Waals surface area contributed by atoms with Gasteiger partial charge in [-0.25, -0.2) is 0 Å². The van der Waals surface area contributed by atoms with E-state index in [0.717, 1.165) is 19.4 Å². The lowest BCUT2D eigenvalue weighted by Crippen LogP contribution is -2.10. The number of hydrogen-bond donors (Lipinski definition) is 0. The minimum Gasteiger partial charge on any atom is -0.305 e. The first-order valence-corrected chi connectivity index (χ1v) is 7.83. The van der Waals surface area contributed by atoms with Gasteiger partial charge in [0, 0.05) is 24.9 Å². The second kappa shape index (κ2) is 7.94. The van der Waals surface area contributed by atoms with Crippen LogP contribution in [-0.2, 0) is 19.4 Å². The molecule has 0 fully saturated rings. The van der Waals surface area contributed by atoms with Crippen LogP contribution in [0.25, 0.3) is 0 Å². The summed E-state index contributed by atoms with van der Waals surface area (Å²) in [4.78, 5) is 6.69. The van der Waals surface area contributed by atoms with Crippen molar-refractivity contribution in [3.05, 3.63) is 65.0 Å². The van der Waals surface area contributed by atoms with E-state index in [-0.39, 0.29) is 0 Å². The Hall–Kier alpha value is -1.67. The van der Waals surface area contributed by atoms with Gasteiger partial charge in [0.15, 0.2) is 0 Å². The van der Waals surface area contributed by atoms with E-state index in [1.165, 1.54) is 35.2 Å². The Labute approximate surface area is 128 Å². The highest BCUT2D eigenvalue weighted by Gasteiger charge is 2.01. The number of aromatic nitrogens is 1. The summed E-state index contributed by atoms with van der Waals surface area (Å²) in [5, 5.41) is 0. The highest BCUT2D eigenvalue weighted by molar-refractivity contribution is 5.27. The van der Waals surface area contributed by atoms with Crippen LogP contribution in [0.2, 0.25) is 0 Å². The van der Waals surface area contributed by atoms with E-state index in [1.807, 2.05) is 6.20 Å². The van der Waals surface area contributed by atoms with E-state index in [1.54, 1.807) is 0 Å². The fourth-order valence-corrected chi connectivity index (χ4v) is 2.50. The quantitative estimate of drug-likeness (QED) is 0.761.